The zero-order valence-corrected chi connectivity index (χ0v) is 22.6. The third-order valence-electron chi connectivity index (χ3n) is 6.25. The number of hydrogen-bond donors (Lipinski definition) is 3. The van der Waals surface area contributed by atoms with Gasteiger partial charge in [0.2, 0.25) is 11.8 Å². The zero-order chi connectivity index (χ0) is 27.3. The summed E-state index contributed by atoms with van der Waals surface area (Å²) in [7, 11) is 0. The van der Waals surface area contributed by atoms with Gasteiger partial charge in [0.05, 0.1) is 6.61 Å². The van der Waals surface area contributed by atoms with Crippen LogP contribution in [0, 0.1) is 19.8 Å². The van der Waals surface area contributed by atoms with Crippen molar-refractivity contribution in [2.75, 3.05) is 6.61 Å². The molecule has 0 heterocycles. The summed E-state index contributed by atoms with van der Waals surface area (Å²) >= 11 is 0. The Bertz CT molecular complexity index is 1090. The van der Waals surface area contributed by atoms with Crippen LogP contribution in [0.25, 0.3) is 0 Å². The molecule has 37 heavy (non-hydrogen) atoms. The Labute approximate surface area is 219 Å². The Kier molecular flexibility index (Phi) is 8.97. The Morgan fingerprint density at radius 2 is 1.68 bits per heavy atom. The molecule has 4 unspecified atom stereocenters. The van der Waals surface area contributed by atoms with Crippen LogP contribution in [0.3, 0.4) is 0 Å². The second kappa shape index (κ2) is 11.8. The van der Waals surface area contributed by atoms with E-state index in [1.54, 1.807) is 20.8 Å². The first-order valence-corrected chi connectivity index (χ1v) is 12.7. The number of alkyl carbamates (subject to hydrolysis) is 1. The Hall–Kier alpha value is -3.39. The van der Waals surface area contributed by atoms with E-state index in [1.165, 1.54) is 4.90 Å². The molecular weight excluding hydrogens is 470 g/mol. The minimum atomic E-state index is -1.25. The number of nitrogens with one attached hydrogen (secondary N) is 2. The van der Waals surface area contributed by atoms with Gasteiger partial charge in [-0.05, 0) is 58.1 Å². The number of rotatable bonds is 9. The van der Waals surface area contributed by atoms with Gasteiger partial charge in [-0.25, -0.2) is 4.79 Å². The van der Waals surface area contributed by atoms with Crippen LogP contribution < -0.4 is 10.6 Å². The molecule has 0 aromatic heterocycles. The minimum Gasteiger partial charge on any atom is -0.444 e. The Morgan fingerprint density at radius 1 is 1.08 bits per heavy atom. The third kappa shape index (κ3) is 7.79. The maximum atomic E-state index is 13.9. The molecule has 2 aromatic rings. The van der Waals surface area contributed by atoms with Gasteiger partial charge in [0.1, 0.15) is 17.7 Å². The van der Waals surface area contributed by atoms with Crippen molar-refractivity contribution in [3.63, 3.8) is 0 Å². The first-order chi connectivity index (χ1) is 17.4. The summed E-state index contributed by atoms with van der Waals surface area (Å²) in [6.45, 7) is 10.7. The van der Waals surface area contributed by atoms with E-state index in [0.717, 1.165) is 23.1 Å². The van der Waals surface area contributed by atoms with Gasteiger partial charge in [-0.3, -0.25) is 9.59 Å². The lowest BCUT2D eigenvalue weighted by Gasteiger charge is -2.35. The molecule has 4 atom stereocenters. The summed E-state index contributed by atoms with van der Waals surface area (Å²) in [6, 6.07) is 13.0. The molecule has 0 spiro atoms. The van der Waals surface area contributed by atoms with E-state index in [-0.39, 0.29) is 17.9 Å². The average molecular weight is 510 g/mol. The van der Waals surface area contributed by atoms with Crippen LogP contribution in [0.2, 0.25) is 0 Å². The Morgan fingerprint density at radius 3 is 2.19 bits per heavy atom. The molecule has 1 fully saturated rings. The van der Waals surface area contributed by atoms with Gasteiger partial charge in [-0.1, -0.05) is 66.6 Å². The van der Waals surface area contributed by atoms with Gasteiger partial charge in [0, 0.05) is 12.6 Å². The predicted molar refractivity (Wildman–Crippen MR) is 142 cm³/mol. The van der Waals surface area contributed by atoms with E-state index in [4.69, 9.17) is 4.74 Å². The van der Waals surface area contributed by atoms with Gasteiger partial charge in [-0.15, -0.1) is 0 Å². The van der Waals surface area contributed by atoms with Crippen molar-refractivity contribution in [1.29, 1.82) is 0 Å². The Balaban J connectivity index is 1.96. The number of aliphatic hydroxyl groups is 1. The fourth-order valence-corrected chi connectivity index (χ4v) is 4.48. The molecule has 3 rings (SSSR count). The van der Waals surface area contributed by atoms with Crippen molar-refractivity contribution < 1.29 is 24.2 Å². The number of amides is 3. The van der Waals surface area contributed by atoms with Crippen molar-refractivity contribution in [3.8, 4) is 0 Å². The molecule has 1 saturated carbocycles. The highest BCUT2D eigenvalue weighted by molar-refractivity contribution is 5.92. The van der Waals surface area contributed by atoms with Gasteiger partial charge < -0.3 is 25.4 Å². The van der Waals surface area contributed by atoms with Crippen LogP contribution in [0.1, 0.15) is 62.4 Å². The molecule has 1 aliphatic carbocycles. The molecule has 3 amide bonds. The first kappa shape index (κ1) is 28.2. The van der Waals surface area contributed by atoms with Crippen LogP contribution in [-0.4, -0.2) is 52.2 Å². The van der Waals surface area contributed by atoms with E-state index in [2.05, 4.69) is 10.6 Å². The highest BCUT2D eigenvalue weighted by Gasteiger charge is 2.48. The normalized spacial score (nSPS) is 18.4. The average Bonchev–Trinajstić information content (AvgIpc) is 3.53. The quantitative estimate of drug-likeness (QED) is 0.477. The maximum Gasteiger partial charge on any atom is 0.408 e. The maximum absolute atomic E-state index is 13.9. The lowest BCUT2D eigenvalue weighted by molar-refractivity contribution is -0.144. The predicted octanol–water partition coefficient (Wildman–Crippen LogP) is 3.78. The molecule has 0 bridgehead atoms. The number of aliphatic hydroxyl groups excluding tert-OH is 1. The summed E-state index contributed by atoms with van der Waals surface area (Å²) in [5.74, 6) is -0.669. The summed E-state index contributed by atoms with van der Waals surface area (Å²) in [4.78, 5) is 41.6. The van der Waals surface area contributed by atoms with E-state index in [1.807, 2.05) is 69.3 Å². The zero-order valence-electron chi connectivity index (χ0n) is 22.6. The number of carbonyl (C=O) groups excluding carboxylic acids is 3. The molecular formula is C29H39N3O5. The van der Waals surface area contributed by atoms with Crippen LogP contribution in [-0.2, 0) is 20.9 Å². The molecule has 0 radical (unpaired) electrons. The summed E-state index contributed by atoms with van der Waals surface area (Å²) < 4.78 is 5.30. The second-order valence-electron chi connectivity index (χ2n) is 10.9. The highest BCUT2D eigenvalue weighted by atomic mass is 16.6. The second-order valence-corrected chi connectivity index (χ2v) is 10.9. The SMILES string of the molecule is Cc1cc(C)cc(C(C(=O)NCc2ccccc2)N(C(=O)C(CO)NC(=O)OC(C)(C)C)C2CC2C)c1. The van der Waals surface area contributed by atoms with Crippen LogP contribution >= 0.6 is 0 Å². The van der Waals surface area contributed by atoms with E-state index in [0.29, 0.717) is 12.1 Å². The highest BCUT2D eigenvalue weighted by Crippen LogP contribution is 2.41. The molecule has 8 nitrogen and oxygen atoms in total. The first-order valence-electron chi connectivity index (χ1n) is 12.7. The lowest BCUT2D eigenvalue weighted by atomic mass is 9.98. The van der Waals surface area contributed by atoms with Crippen molar-refractivity contribution in [2.45, 2.75) is 78.2 Å². The van der Waals surface area contributed by atoms with Gasteiger partial charge in [0.15, 0.2) is 0 Å². The number of carbonyl (C=O) groups is 3. The lowest BCUT2D eigenvalue weighted by Crippen LogP contribution is -2.55. The fourth-order valence-electron chi connectivity index (χ4n) is 4.48. The number of benzene rings is 2. The number of nitrogens with zero attached hydrogens (tertiary/aromatic N) is 1. The molecule has 1 aliphatic rings. The van der Waals surface area contributed by atoms with E-state index < -0.39 is 36.3 Å². The molecule has 8 heteroatoms. The van der Waals surface area contributed by atoms with Crippen molar-refractivity contribution in [2.24, 2.45) is 5.92 Å². The summed E-state index contributed by atoms with van der Waals surface area (Å²) in [5, 5.41) is 15.6. The molecule has 3 N–H and O–H groups in total. The molecule has 2 aromatic carbocycles. The van der Waals surface area contributed by atoms with Crippen molar-refractivity contribution in [1.82, 2.24) is 15.5 Å². The summed E-state index contributed by atoms with van der Waals surface area (Å²) in [5.41, 5.74) is 2.80. The molecule has 0 aliphatic heterocycles. The van der Waals surface area contributed by atoms with Gasteiger partial charge in [-0.2, -0.15) is 0 Å². The fraction of sp³-hybridized carbons (Fsp3) is 0.483. The smallest absolute Gasteiger partial charge is 0.408 e. The monoisotopic (exact) mass is 509 g/mol. The minimum absolute atomic E-state index is 0.181. The summed E-state index contributed by atoms with van der Waals surface area (Å²) in [6.07, 6.45) is -0.0796. The third-order valence-corrected chi connectivity index (χ3v) is 6.25. The standard InChI is InChI=1S/C29H39N3O5/c1-18-12-19(2)14-22(13-18)25(26(34)30-16-21-10-8-7-9-11-21)32(24-15-20(24)3)27(35)23(17-33)31-28(36)37-29(4,5)6/h7-14,20,23-25,33H,15-17H2,1-6H3,(H,30,34)(H,31,36). The van der Waals surface area contributed by atoms with E-state index in [9.17, 15) is 19.5 Å². The largest absolute Gasteiger partial charge is 0.444 e. The van der Waals surface area contributed by atoms with Gasteiger partial charge >= 0.3 is 6.09 Å². The number of aryl methyl sites for hydroxylation is 2. The van der Waals surface area contributed by atoms with Crippen molar-refractivity contribution >= 4 is 17.9 Å². The number of ether oxygens (including phenoxy) is 1. The van der Waals surface area contributed by atoms with Crippen molar-refractivity contribution in [3.05, 3.63) is 70.8 Å². The van der Waals surface area contributed by atoms with E-state index >= 15 is 0 Å². The number of hydrogen-bond acceptors (Lipinski definition) is 5. The topological polar surface area (TPSA) is 108 Å². The van der Waals surface area contributed by atoms with Gasteiger partial charge in [0.25, 0.3) is 0 Å². The molecule has 0 saturated heterocycles. The van der Waals surface area contributed by atoms with Crippen LogP contribution in [0.15, 0.2) is 48.5 Å². The van der Waals surface area contributed by atoms with Crippen LogP contribution in [0.4, 0.5) is 4.79 Å². The molecule has 200 valence electrons. The van der Waals surface area contributed by atoms with Crippen LogP contribution in [0.5, 0.6) is 0 Å².